The van der Waals surface area contributed by atoms with Crippen LogP contribution in [0.1, 0.15) is 10.4 Å². The van der Waals surface area contributed by atoms with E-state index in [4.69, 9.17) is 22.1 Å². The number of methoxy groups -OCH3 is 1. The molecule has 6 heteroatoms. The second-order valence-electron chi connectivity index (χ2n) is 4.05. The Balaban J connectivity index is 2.40. The quantitative estimate of drug-likeness (QED) is 0.639. The van der Waals surface area contributed by atoms with Crippen molar-refractivity contribution in [1.82, 2.24) is 0 Å². The fraction of sp³-hybridized carbons (Fsp3) is 0.0714. The number of anilines is 3. The van der Waals surface area contributed by atoms with Crippen molar-refractivity contribution in [3.8, 4) is 0 Å². The van der Waals surface area contributed by atoms with E-state index in [1.54, 1.807) is 24.3 Å². The highest BCUT2D eigenvalue weighted by atomic mass is 79.9. The molecule has 2 aromatic rings. The van der Waals surface area contributed by atoms with E-state index in [9.17, 15) is 4.79 Å². The molecule has 104 valence electrons. The molecule has 0 saturated heterocycles. The number of halogens is 2. The predicted octanol–water partition coefficient (Wildman–Crippen LogP) is 4.21. The van der Waals surface area contributed by atoms with Gasteiger partial charge in [-0.2, -0.15) is 0 Å². The molecule has 2 rings (SSSR count). The van der Waals surface area contributed by atoms with Crippen LogP contribution in [0.15, 0.2) is 40.9 Å². The lowest BCUT2D eigenvalue weighted by atomic mass is 10.1. The van der Waals surface area contributed by atoms with Gasteiger partial charge >= 0.3 is 5.97 Å². The Kier molecular flexibility index (Phi) is 4.52. The number of carbonyl (C=O) groups is 1. The third kappa shape index (κ3) is 3.23. The highest BCUT2D eigenvalue weighted by Gasteiger charge is 2.13. The van der Waals surface area contributed by atoms with Gasteiger partial charge in [0.05, 0.1) is 29.1 Å². The number of rotatable bonds is 3. The molecule has 0 aliphatic rings. The number of ether oxygens (including phenoxy) is 1. The second-order valence-corrected chi connectivity index (χ2v) is 5.37. The van der Waals surface area contributed by atoms with Gasteiger partial charge in [-0.25, -0.2) is 4.79 Å². The van der Waals surface area contributed by atoms with Crippen molar-refractivity contribution in [1.29, 1.82) is 0 Å². The normalized spacial score (nSPS) is 10.2. The first kappa shape index (κ1) is 14.7. The molecular weight excluding hydrogens is 344 g/mol. The van der Waals surface area contributed by atoms with Gasteiger partial charge in [0.15, 0.2) is 0 Å². The van der Waals surface area contributed by atoms with Crippen LogP contribution in [-0.4, -0.2) is 13.1 Å². The third-order valence-corrected chi connectivity index (χ3v) is 3.46. The average molecular weight is 356 g/mol. The molecule has 0 aliphatic heterocycles. The van der Waals surface area contributed by atoms with Gasteiger partial charge in [0.1, 0.15) is 0 Å². The summed E-state index contributed by atoms with van der Waals surface area (Å²) in [5, 5.41) is 3.64. The summed E-state index contributed by atoms with van der Waals surface area (Å²) in [6, 6.07) is 10.4. The summed E-state index contributed by atoms with van der Waals surface area (Å²) in [6.45, 7) is 0. The van der Waals surface area contributed by atoms with E-state index < -0.39 is 5.97 Å². The van der Waals surface area contributed by atoms with Gasteiger partial charge in [0, 0.05) is 10.2 Å². The summed E-state index contributed by atoms with van der Waals surface area (Å²) in [6.07, 6.45) is 0. The van der Waals surface area contributed by atoms with E-state index in [-0.39, 0.29) is 0 Å². The lowest BCUT2D eigenvalue weighted by Crippen LogP contribution is -2.06. The first-order valence-corrected chi connectivity index (χ1v) is 6.88. The molecule has 0 aromatic heterocycles. The van der Waals surface area contributed by atoms with Crippen LogP contribution in [0.25, 0.3) is 0 Å². The van der Waals surface area contributed by atoms with Crippen LogP contribution < -0.4 is 11.1 Å². The first-order chi connectivity index (χ1) is 9.51. The van der Waals surface area contributed by atoms with Crippen molar-refractivity contribution in [3.05, 3.63) is 51.5 Å². The minimum atomic E-state index is -0.465. The summed E-state index contributed by atoms with van der Waals surface area (Å²) in [5.41, 5.74) is 7.80. The smallest absolute Gasteiger partial charge is 0.340 e. The van der Waals surface area contributed by atoms with Crippen LogP contribution in [-0.2, 0) is 4.74 Å². The fourth-order valence-corrected chi connectivity index (χ4v) is 2.41. The number of nitrogens with one attached hydrogen (secondary N) is 1. The topological polar surface area (TPSA) is 64.3 Å². The number of carbonyl (C=O) groups excluding carboxylic acids is 1. The number of hydrogen-bond donors (Lipinski definition) is 2. The molecule has 0 spiro atoms. The highest BCUT2D eigenvalue weighted by molar-refractivity contribution is 9.10. The lowest BCUT2D eigenvalue weighted by molar-refractivity contribution is 0.0602. The van der Waals surface area contributed by atoms with E-state index in [0.29, 0.717) is 27.6 Å². The first-order valence-electron chi connectivity index (χ1n) is 5.71. The van der Waals surface area contributed by atoms with E-state index >= 15 is 0 Å². The molecule has 0 radical (unpaired) electrons. The van der Waals surface area contributed by atoms with Crippen molar-refractivity contribution in [2.24, 2.45) is 0 Å². The Morgan fingerprint density at radius 3 is 2.60 bits per heavy atom. The van der Waals surface area contributed by atoms with Crippen molar-refractivity contribution in [2.75, 3.05) is 18.2 Å². The molecule has 0 unspecified atom stereocenters. The Hall–Kier alpha value is -1.72. The number of hydrogen-bond acceptors (Lipinski definition) is 4. The molecule has 4 nitrogen and oxygen atoms in total. The van der Waals surface area contributed by atoms with Crippen LogP contribution >= 0.6 is 27.5 Å². The predicted molar refractivity (Wildman–Crippen MR) is 84.6 cm³/mol. The lowest BCUT2D eigenvalue weighted by Gasteiger charge is -2.13. The van der Waals surface area contributed by atoms with Gasteiger partial charge in [0.2, 0.25) is 0 Å². The number of esters is 1. The summed E-state index contributed by atoms with van der Waals surface area (Å²) in [5.74, 6) is -0.465. The summed E-state index contributed by atoms with van der Waals surface area (Å²) in [4.78, 5) is 11.8. The van der Waals surface area contributed by atoms with Crippen LogP contribution in [0.4, 0.5) is 17.1 Å². The standard InChI is InChI=1S/C14H12BrClN2O2/c1-20-14(19)10-7-9(17)3-5-12(10)18-13-4-2-8(15)6-11(13)16/h2-7,18H,17H2,1H3. The Morgan fingerprint density at radius 1 is 1.25 bits per heavy atom. The Morgan fingerprint density at radius 2 is 1.95 bits per heavy atom. The molecular formula is C14H12BrClN2O2. The minimum absolute atomic E-state index is 0.353. The van der Waals surface area contributed by atoms with Gasteiger partial charge in [0.25, 0.3) is 0 Å². The van der Waals surface area contributed by atoms with E-state index in [2.05, 4.69) is 21.2 Å². The molecule has 20 heavy (non-hydrogen) atoms. The average Bonchev–Trinajstić information content (AvgIpc) is 2.42. The molecule has 0 heterocycles. The van der Waals surface area contributed by atoms with Gasteiger partial charge in [-0.1, -0.05) is 27.5 Å². The highest BCUT2D eigenvalue weighted by Crippen LogP contribution is 2.30. The minimum Gasteiger partial charge on any atom is -0.465 e. The van der Waals surface area contributed by atoms with E-state index in [1.165, 1.54) is 7.11 Å². The maximum absolute atomic E-state index is 11.8. The fourth-order valence-electron chi connectivity index (χ4n) is 1.69. The molecule has 0 bridgehead atoms. The maximum atomic E-state index is 11.8. The Labute approximate surface area is 130 Å². The third-order valence-electron chi connectivity index (χ3n) is 2.65. The second kappa shape index (κ2) is 6.15. The monoisotopic (exact) mass is 354 g/mol. The largest absolute Gasteiger partial charge is 0.465 e. The molecule has 0 fully saturated rings. The molecule has 0 atom stereocenters. The number of benzene rings is 2. The van der Waals surface area contributed by atoms with Crippen LogP contribution in [0, 0.1) is 0 Å². The Bertz CT molecular complexity index is 662. The van der Waals surface area contributed by atoms with E-state index in [0.717, 1.165) is 4.47 Å². The molecule has 3 N–H and O–H groups in total. The van der Waals surface area contributed by atoms with Crippen molar-refractivity contribution < 1.29 is 9.53 Å². The molecule has 0 saturated carbocycles. The van der Waals surface area contributed by atoms with Crippen molar-refractivity contribution in [3.63, 3.8) is 0 Å². The zero-order valence-electron chi connectivity index (χ0n) is 10.6. The van der Waals surface area contributed by atoms with Gasteiger partial charge in [-0.05, 0) is 36.4 Å². The SMILES string of the molecule is COC(=O)c1cc(N)ccc1Nc1ccc(Br)cc1Cl. The van der Waals surface area contributed by atoms with E-state index in [1.807, 2.05) is 12.1 Å². The molecule has 2 aromatic carbocycles. The molecule has 0 amide bonds. The van der Waals surface area contributed by atoms with Crippen molar-refractivity contribution >= 4 is 50.6 Å². The van der Waals surface area contributed by atoms with Gasteiger partial charge < -0.3 is 15.8 Å². The number of nitrogens with two attached hydrogens (primary N) is 1. The molecule has 0 aliphatic carbocycles. The van der Waals surface area contributed by atoms with Gasteiger partial charge in [-0.3, -0.25) is 0 Å². The van der Waals surface area contributed by atoms with Crippen LogP contribution in [0.3, 0.4) is 0 Å². The maximum Gasteiger partial charge on any atom is 0.340 e. The van der Waals surface area contributed by atoms with Crippen LogP contribution in [0.2, 0.25) is 5.02 Å². The zero-order valence-corrected chi connectivity index (χ0v) is 13.0. The van der Waals surface area contributed by atoms with Gasteiger partial charge in [-0.15, -0.1) is 0 Å². The summed E-state index contributed by atoms with van der Waals surface area (Å²) >= 11 is 9.48. The van der Waals surface area contributed by atoms with Crippen LogP contribution in [0.5, 0.6) is 0 Å². The van der Waals surface area contributed by atoms with Crippen molar-refractivity contribution in [2.45, 2.75) is 0 Å². The number of nitrogen functional groups attached to an aromatic ring is 1. The summed E-state index contributed by atoms with van der Waals surface area (Å²) in [7, 11) is 1.32. The summed E-state index contributed by atoms with van der Waals surface area (Å²) < 4.78 is 5.62. The zero-order chi connectivity index (χ0) is 14.7.